The van der Waals surface area contributed by atoms with Crippen LogP contribution in [-0.2, 0) is 35.5 Å². The van der Waals surface area contributed by atoms with Gasteiger partial charge in [0.2, 0.25) is 0 Å². The van der Waals surface area contributed by atoms with Gasteiger partial charge in [-0.05, 0) is 29.3 Å². The number of benzene rings is 1. The highest BCUT2D eigenvalue weighted by Crippen LogP contribution is 2.38. The van der Waals surface area contributed by atoms with Crippen LogP contribution in [0.25, 0.3) is 0 Å². The van der Waals surface area contributed by atoms with Crippen molar-refractivity contribution >= 4 is 13.8 Å². The number of halogens is 4. The fourth-order valence-electron chi connectivity index (χ4n) is 4.40. The smallest absolute Gasteiger partial charge is 0.423 e. The predicted octanol–water partition coefficient (Wildman–Crippen LogP) is 3.94. The van der Waals surface area contributed by atoms with Gasteiger partial charge in [-0.1, -0.05) is 19.6 Å². The van der Waals surface area contributed by atoms with Crippen molar-refractivity contribution in [2.75, 3.05) is 51.0 Å². The van der Waals surface area contributed by atoms with Gasteiger partial charge in [0.1, 0.15) is 18.9 Å². The van der Waals surface area contributed by atoms with Crippen molar-refractivity contribution < 1.29 is 31.8 Å². The van der Waals surface area contributed by atoms with Crippen molar-refractivity contribution in [1.29, 1.82) is 0 Å². The summed E-state index contributed by atoms with van der Waals surface area (Å²) in [6.45, 7) is 10.3. The number of rotatable bonds is 10. The van der Waals surface area contributed by atoms with E-state index in [-0.39, 0.29) is 37.9 Å². The minimum atomic E-state index is -4.90. The van der Waals surface area contributed by atoms with Crippen LogP contribution in [0, 0.1) is 5.82 Å². The second-order valence-electron chi connectivity index (χ2n) is 10.8. The lowest BCUT2D eigenvalue weighted by molar-refractivity contribution is -0.138. The number of ether oxygens (including phenoxy) is 3. The summed E-state index contributed by atoms with van der Waals surface area (Å²) in [6, 6.07) is 3.62. The first-order valence-corrected chi connectivity index (χ1v) is 16.4. The lowest BCUT2D eigenvalue weighted by Crippen LogP contribution is -2.38. The Hall–Kier alpha value is -2.48. The van der Waals surface area contributed by atoms with Crippen molar-refractivity contribution in [3.05, 3.63) is 51.2 Å². The van der Waals surface area contributed by atoms with Crippen LogP contribution in [0.2, 0.25) is 25.7 Å². The van der Waals surface area contributed by atoms with Gasteiger partial charge in [0, 0.05) is 47.4 Å². The van der Waals surface area contributed by atoms with E-state index in [1.807, 2.05) is 0 Å². The second-order valence-corrected chi connectivity index (χ2v) is 16.4. The Labute approximate surface area is 220 Å². The average molecular weight is 559 g/mol. The number of morpholine rings is 1. The molecule has 13 heteroatoms. The molecule has 1 saturated heterocycles. The summed E-state index contributed by atoms with van der Waals surface area (Å²) in [5, 5.41) is 3.95. The number of hydrogen-bond donors (Lipinski definition) is 0. The van der Waals surface area contributed by atoms with Crippen LogP contribution in [-0.4, -0.2) is 68.8 Å². The zero-order valence-corrected chi connectivity index (χ0v) is 22.9. The van der Waals surface area contributed by atoms with Crippen LogP contribution in [0.5, 0.6) is 5.75 Å². The van der Waals surface area contributed by atoms with Gasteiger partial charge in [-0.25, -0.2) is 9.07 Å². The molecular formula is C25H34F4N4O4Si. The van der Waals surface area contributed by atoms with E-state index in [1.54, 1.807) is 0 Å². The maximum Gasteiger partial charge on any atom is 0.423 e. The Morgan fingerprint density at radius 1 is 1.08 bits per heavy atom. The zero-order valence-electron chi connectivity index (χ0n) is 21.9. The van der Waals surface area contributed by atoms with Gasteiger partial charge in [0.05, 0.1) is 25.1 Å². The molecule has 1 aromatic carbocycles. The van der Waals surface area contributed by atoms with E-state index in [4.69, 9.17) is 14.2 Å². The monoisotopic (exact) mass is 558 g/mol. The number of fused-ring (bicyclic) bond motifs is 1. The van der Waals surface area contributed by atoms with Crippen molar-refractivity contribution in [2.24, 2.45) is 0 Å². The van der Waals surface area contributed by atoms with E-state index >= 15 is 0 Å². The standard InChI is InChI=1S/C25H34F4N4O4Si/c1-38(2,3)11-10-36-17-33-24(34)23(25(27,28)29)21(14-30-33)32-15-18-12-20(26)22(13-19(18)16-32)37-9-6-31-4-7-35-8-5-31/h12-14H,4-11,15-17H2,1-3H3. The van der Waals surface area contributed by atoms with Gasteiger partial charge in [-0.3, -0.25) is 9.69 Å². The Kier molecular flexibility index (Phi) is 8.80. The van der Waals surface area contributed by atoms with Gasteiger partial charge >= 0.3 is 6.18 Å². The molecule has 0 atom stereocenters. The maximum absolute atomic E-state index is 14.7. The molecule has 1 fully saturated rings. The molecule has 0 aliphatic carbocycles. The molecule has 1 aromatic heterocycles. The number of aromatic nitrogens is 2. The van der Waals surface area contributed by atoms with E-state index in [0.29, 0.717) is 42.2 Å². The Morgan fingerprint density at radius 2 is 1.76 bits per heavy atom. The highest BCUT2D eigenvalue weighted by atomic mass is 28.3. The number of hydrogen-bond acceptors (Lipinski definition) is 7. The molecule has 2 aliphatic heterocycles. The minimum Gasteiger partial charge on any atom is -0.489 e. The van der Waals surface area contributed by atoms with Crippen molar-refractivity contribution in [3.8, 4) is 5.75 Å². The van der Waals surface area contributed by atoms with Crippen molar-refractivity contribution in [3.63, 3.8) is 0 Å². The molecule has 0 bridgehead atoms. The molecule has 2 aliphatic rings. The lowest BCUT2D eigenvalue weighted by Gasteiger charge is -2.26. The number of anilines is 1. The van der Waals surface area contributed by atoms with E-state index in [2.05, 4.69) is 29.6 Å². The van der Waals surface area contributed by atoms with Crippen LogP contribution in [0.15, 0.2) is 23.1 Å². The second kappa shape index (κ2) is 11.7. The van der Waals surface area contributed by atoms with Gasteiger partial charge in [0.15, 0.2) is 11.6 Å². The fraction of sp³-hybridized carbons (Fsp3) is 0.600. The Balaban J connectivity index is 1.47. The fourth-order valence-corrected chi connectivity index (χ4v) is 5.15. The normalized spacial score (nSPS) is 16.7. The van der Waals surface area contributed by atoms with Crippen LogP contribution in [0.1, 0.15) is 16.7 Å². The highest BCUT2D eigenvalue weighted by Gasteiger charge is 2.40. The highest BCUT2D eigenvalue weighted by molar-refractivity contribution is 6.76. The summed E-state index contributed by atoms with van der Waals surface area (Å²) in [6.07, 6.45) is -3.86. The largest absolute Gasteiger partial charge is 0.489 e. The van der Waals surface area contributed by atoms with Crippen molar-refractivity contribution in [1.82, 2.24) is 14.7 Å². The first-order chi connectivity index (χ1) is 17.9. The van der Waals surface area contributed by atoms with E-state index < -0.39 is 31.2 Å². The molecule has 2 aromatic rings. The van der Waals surface area contributed by atoms with Gasteiger partial charge in [0.25, 0.3) is 5.56 Å². The third kappa shape index (κ3) is 7.13. The molecule has 0 saturated carbocycles. The molecule has 0 radical (unpaired) electrons. The molecule has 0 N–H and O–H groups in total. The number of nitrogens with zero attached hydrogens (tertiary/aromatic N) is 4. The lowest BCUT2D eigenvalue weighted by atomic mass is 10.1. The molecular weight excluding hydrogens is 524 g/mol. The van der Waals surface area contributed by atoms with Gasteiger partial charge < -0.3 is 19.1 Å². The van der Waals surface area contributed by atoms with Gasteiger partial charge in [-0.2, -0.15) is 18.3 Å². The zero-order chi connectivity index (χ0) is 27.5. The van der Waals surface area contributed by atoms with Crippen molar-refractivity contribution in [2.45, 2.75) is 51.7 Å². The first-order valence-electron chi connectivity index (χ1n) is 12.7. The average Bonchev–Trinajstić information content (AvgIpc) is 3.24. The van der Waals surface area contributed by atoms with E-state index in [1.165, 1.54) is 17.0 Å². The van der Waals surface area contributed by atoms with Crippen LogP contribution in [0.4, 0.5) is 23.2 Å². The third-order valence-electron chi connectivity index (χ3n) is 6.60. The Morgan fingerprint density at radius 3 is 2.42 bits per heavy atom. The molecule has 0 spiro atoms. The third-order valence-corrected chi connectivity index (χ3v) is 8.31. The topological polar surface area (TPSA) is 69.1 Å². The molecule has 3 heterocycles. The maximum atomic E-state index is 14.7. The predicted molar refractivity (Wildman–Crippen MR) is 137 cm³/mol. The molecule has 4 rings (SSSR count). The minimum absolute atomic E-state index is 0.0151. The first kappa shape index (κ1) is 28.5. The van der Waals surface area contributed by atoms with Gasteiger partial charge in [-0.15, -0.1) is 0 Å². The summed E-state index contributed by atoms with van der Waals surface area (Å²) < 4.78 is 73.9. The SMILES string of the molecule is C[Si](C)(C)CCOCn1ncc(N2Cc3cc(F)c(OCCN4CCOCC4)cc3C2)c(C(F)(F)F)c1=O. The van der Waals surface area contributed by atoms with E-state index in [9.17, 15) is 22.4 Å². The summed E-state index contributed by atoms with van der Waals surface area (Å²) in [7, 11) is -1.39. The quantitative estimate of drug-likeness (QED) is 0.249. The molecule has 0 amide bonds. The molecule has 8 nitrogen and oxygen atoms in total. The Bertz CT molecular complexity index is 1180. The summed E-state index contributed by atoms with van der Waals surface area (Å²) in [4.78, 5) is 16.3. The van der Waals surface area contributed by atoms with Crippen LogP contribution >= 0.6 is 0 Å². The molecule has 38 heavy (non-hydrogen) atoms. The summed E-state index contributed by atoms with van der Waals surface area (Å²) in [5.41, 5.74) is -1.74. The van der Waals surface area contributed by atoms with Crippen LogP contribution in [0.3, 0.4) is 0 Å². The number of alkyl halides is 3. The van der Waals surface area contributed by atoms with Crippen LogP contribution < -0.4 is 15.2 Å². The molecule has 0 unspecified atom stereocenters. The molecule has 210 valence electrons. The van der Waals surface area contributed by atoms with E-state index in [0.717, 1.165) is 25.3 Å². The summed E-state index contributed by atoms with van der Waals surface area (Å²) >= 11 is 0. The summed E-state index contributed by atoms with van der Waals surface area (Å²) in [5.74, 6) is -0.522.